The van der Waals surface area contributed by atoms with Crippen LogP contribution in [-0.2, 0) is 21.4 Å². The number of aryl methyl sites for hydroxylation is 1. The summed E-state index contributed by atoms with van der Waals surface area (Å²) in [6.07, 6.45) is 2.50. The van der Waals surface area contributed by atoms with E-state index in [1.54, 1.807) is 53.4 Å². The van der Waals surface area contributed by atoms with Crippen LogP contribution in [0.1, 0.15) is 24.0 Å². The van der Waals surface area contributed by atoms with Crippen LogP contribution in [0.3, 0.4) is 0 Å². The number of rotatable bonds is 7. The molecule has 0 bridgehead atoms. The molecule has 0 aromatic heterocycles. The lowest BCUT2D eigenvalue weighted by atomic mass is 9.96. The molecule has 7 heteroatoms. The summed E-state index contributed by atoms with van der Waals surface area (Å²) in [5.74, 6) is -0.731. The van der Waals surface area contributed by atoms with E-state index in [9.17, 15) is 17.6 Å². The van der Waals surface area contributed by atoms with Crippen LogP contribution in [0.25, 0.3) is 0 Å². The monoisotopic (exact) mass is 430 g/mol. The van der Waals surface area contributed by atoms with E-state index in [-0.39, 0.29) is 42.2 Å². The summed E-state index contributed by atoms with van der Waals surface area (Å²) in [6.45, 7) is 6.66. The van der Waals surface area contributed by atoms with Gasteiger partial charge in [-0.25, -0.2) is 12.8 Å². The van der Waals surface area contributed by atoms with Crippen molar-refractivity contribution in [3.8, 4) is 0 Å². The first kappa shape index (κ1) is 22.2. The second-order valence-electron chi connectivity index (χ2n) is 7.59. The SMILES string of the molecule is C=CCN(Cc1ccccc1F)C(=O)C1CCN(S(=O)(=O)c2ccc(C)cc2)CC1. The molecular weight excluding hydrogens is 403 g/mol. The van der Waals surface area contributed by atoms with Gasteiger partial charge in [-0.3, -0.25) is 4.79 Å². The zero-order valence-electron chi connectivity index (χ0n) is 17.1. The van der Waals surface area contributed by atoms with Gasteiger partial charge in [0.05, 0.1) is 4.90 Å². The molecular formula is C23H27FN2O3S. The van der Waals surface area contributed by atoms with E-state index < -0.39 is 10.0 Å². The molecule has 1 heterocycles. The van der Waals surface area contributed by atoms with Crippen molar-refractivity contribution in [1.29, 1.82) is 0 Å². The highest BCUT2D eigenvalue weighted by atomic mass is 32.2. The Morgan fingerprint density at radius 1 is 1.17 bits per heavy atom. The topological polar surface area (TPSA) is 57.7 Å². The molecule has 0 aliphatic carbocycles. The molecule has 1 fully saturated rings. The molecule has 0 spiro atoms. The van der Waals surface area contributed by atoms with Gasteiger partial charge < -0.3 is 4.90 Å². The van der Waals surface area contributed by atoms with E-state index in [2.05, 4.69) is 6.58 Å². The van der Waals surface area contributed by atoms with Gasteiger partial charge in [0, 0.05) is 37.7 Å². The highest BCUT2D eigenvalue weighted by molar-refractivity contribution is 7.89. The minimum Gasteiger partial charge on any atom is -0.334 e. The van der Waals surface area contributed by atoms with Crippen LogP contribution in [0.4, 0.5) is 4.39 Å². The highest BCUT2D eigenvalue weighted by Crippen LogP contribution is 2.26. The number of sulfonamides is 1. The number of piperidine rings is 1. The number of amides is 1. The molecule has 1 saturated heterocycles. The summed E-state index contributed by atoms with van der Waals surface area (Å²) in [5.41, 5.74) is 1.45. The van der Waals surface area contributed by atoms with Crippen molar-refractivity contribution in [2.45, 2.75) is 31.2 Å². The second kappa shape index (κ2) is 9.53. The predicted octanol–water partition coefficient (Wildman–Crippen LogP) is 3.75. The fraction of sp³-hybridized carbons (Fsp3) is 0.348. The molecule has 30 heavy (non-hydrogen) atoms. The average Bonchev–Trinajstić information content (AvgIpc) is 2.75. The van der Waals surface area contributed by atoms with Crippen molar-refractivity contribution in [3.05, 3.63) is 78.1 Å². The van der Waals surface area contributed by atoms with Gasteiger partial charge in [0.15, 0.2) is 0 Å². The molecule has 0 atom stereocenters. The molecule has 5 nitrogen and oxygen atoms in total. The third-order valence-electron chi connectivity index (χ3n) is 5.44. The van der Waals surface area contributed by atoms with Gasteiger partial charge in [-0.15, -0.1) is 6.58 Å². The molecule has 0 radical (unpaired) electrons. The number of hydrogen-bond acceptors (Lipinski definition) is 3. The van der Waals surface area contributed by atoms with Crippen LogP contribution in [0.5, 0.6) is 0 Å². The Morgan fingerprint density at radius 3 is 2.40 bits per heavy atom. The smallest absolute Gasteiger partial charge is 0.243 e. The van der Waals surface area contributed by atoms with Gasteiger partial charge >= 0.3 is 0 Å². The van der Waals surface area contributed by atoms with Crippen LogP contribution in [0.15, 0.2) is 66.1 Å². The predicted molar refractivity (Wildman–Crippen MR) is 115 cm³/mol. The van der Waals surface area contributed by atoms with E-state index in [1.165, 1.54) is 10.4 Å². The molecule has 2 aromatic rings. The summed E-state index contributed by atoms with van der Waals surface area (Å²) in [5, 5.41) is 0. The standard InChI is InChI=1S/C23H27FN2O3S/c1-3-14-25(17-20-6-4-5-7-22(20)24)23(27)19-12-15-26(16-13-19)30(28,29)21-10-8-18(2)9-11-21/h3-11,19H,1,12-17H2,2H3. The van der Waals surface area contributed by atoms with Crippen LogP contribution >= 0.6 is 0 Å². The molecule has 0 saturated carbocycles. The molecule has 1 amide bonds. The number of carbonyl (C=O) groups is 1. The van der Waals surface area contributed by atoms with Crippen molar-refractivity contribution >= 4 is 15.9 Å². The Balaban J connectivity index is 1.66. The summed E-state index contributed by atoms with van der Waals surface area (Å²) in [4.78, 5) is 14.9. The summed E-state index contributed by atoms with van der Waals surface area (Å²) >= 11 is 0. The minimum atomic E-state index is -3.57. The van der Waals surface area contributed by atoms with Gasteiger partial charge in [-0.05, 0) is 38.0 Å². The fourth-order valence-corrected chi connectivity index (χ4v) is 5.15. The van der Waals surface area contributed by atoms with Crippen molar-refractivity contribution in [1.82, 2.24) is 9.21 Å². The minimum absolute atomic E-state index is 0.0921. The van der Waals surface area contributed by atoms with Crippen molar-refractivity contribution in [3.63, 3.8) is 0 Å². The Bertz CT molecular complexity index is 997. The van der Waals surface area contributed by atoms with Crippen molar-refractivity contribution < 1.29 is 17.6 Å². The molecule has 3 rings (SSSR count). The van der Waals surface area contributed by atoms with Crippen LogP contribution in [0, 0.1) is 18.7 Å². The fourth-order valence-electron chi connectivity index (χ4n) is 3.68. The summed E-state index contributed by atoms with van der Waals surface area (Å²) in [7, 11) is -3.57. The number of nitrogens with zero attached hydrogens (tertiary/aromatic N) is 2. The number of hydrogen-bond donors (Lipinski definition) is 0. The maximum atomic E-state index is 14.0. The van der Waals surface area contributed by atoms with E-state index in [1.807, 2.05) is 6.92 Å². The molecule has 160 valence electrons. The van der Waals surface area contributed by atoms with Crippen molar-refractivity contribution in [2.24, 2.45) is 5.92 Å². The van der Waals surface area contributed by atoms with E-state index >= 15 is 0 Å². The van der Waals surface area contributed by atoms with E-state index in [0.29, 0.717) is 24.9 Å². The molecule has 1 aliphatic rings. The van der Waals surface area contributed by atoms with Crippen LogP contribution < -0.4 is 0 Å². The van der Waals surface area contributed by atoms with Gasteiger partial charge in [-0.1, -0.05) is 42.0 Å². The molecule has 2 aromatic carbocycles. The maximum absolute atomic E-state index is 14.0. The van der Waals surface area contributed by atoms with Gasteiger partial charge in [-0.2, -0.15) is 4.31 Å². The Morgan fingerprint density at radius 2 is 1.80 bits per heavy atom. The highest BCUT2D eigenvalue weighted by Gasteiger charge is 2.33. The number of carbonyl (C=O) groups excluding carboxylic acids is 1. The largest absolute Gasteiger partial charge is 0.334 e. The number of halogens is 1. The molecule has 1 aliphatic heterocycles. The molecule has 0 N–H and O–H groups in total. The first-order valence-electron chi connectivity index (χ1n) is 10.0. The third kappa shape index (κ3) is 4.96. The third-order valence-corrected chi connectivity index (χ3v) is 7.35. The Labute approximate surface area is 177 Å². The second-order valence-corrected chi connectivity index (χ2v) is 9.53. The lowest BCUT2D eigenvalue weighted by Gasteiger charge is -2.33. The zero-order valence-corrected chi connectivity index (χ0v) is 17.9. The summed E-state index contributed by atoms with van der Waals surface area (Å²) in [6, 6.07) is 13.2. The van der Waals surface area contributed by atoms with Crippen LogP contribution in [0.2, 0.25) is 0 Å². The zero-order chi connectivity index (χ0) is 21.7. The molecule has 0 unspecified atom stereocenters. The number of benzene rings is 2. The first-order chi connectivity index (χ1) is 14.3. The Kier molecular flexibility index (Phi) is 7.05. The van der Waals surface area contributed by atoms with Crippen LogP contribution in [-0.4, -0.2) is 43.2 Å². The van der Waals surface area contributed by atoms with Gasteiger partial charge in [0.2, 0.25) is 15.9 Å². The van der Waals surface area contributed by atoms with E-state index in [4.69, 9.17) is 0 Å². The average molecular weight is 431 g/mol. The van der Waals surface area contributed by atoms with Crippen molar-refractivity contribution in [2.75, 3.05) is 19.6 Å². The normalized spacial score (nSPS) is 15.7. The lowest BCUT2D eigenvalue weighted by Crippen LogP contribution is -2.44. The Hall–Kier alpha value is -2.51. The van der Waals surface area contributed by atoms with Gasteiger partial charge in [0.1, 0.15) is 5.82 Å². The maximum Gasteiger partial charge on any atom is 0.243 e. The quantitative estimate of drug-likeness (QED) is 0.629. The summed E-state index contributed by atoms with van der Waals surface area (Å²) < 4.78 is 41.2. The van der Waals surface area contributed by atoms with E-state index in [0.717, 1.165) is 5.56 Å². The first-order valence-corrected chi connectivity index (χ1v) is 11.5. The lowest BCUT2D eigenvalue weighted by molar-refractivity contribution is -0.136. The van der Waals surface area contributed by atoms with Gasteiger partial charge in [0.25, 0.3) is 0 Å².